The third kappa shape index (κ3) is 7.03. The highest BCUT2D eigenvalue weighted by Gasteiger charge is 2.22. The summed E-state index contributed by atoms with van der Waals surface area (Å²) in [5.41, 5.74) is 0. The van der Waals surface area contributed by atoms with Gasteiger partial charge < -0.3 is 20.1 Å². The first-order valence-corrected chi connectivity index (χ1v) is 7.42. The molecule has 0 bridgehead atoms. The Morgan fingerprint density at radius 2 is 1.95 bits per heavy atom. The van der Waals surface area contributed by atoms with Crippen molar-refractivity contribution in [2.75, 3.05) is 0 Å². The zero-order valence-electron chi connectivity index (χ0n) is 12.1. The number of rotatable bonds is 9. The maximum absolute atomic E-state index is 11.0. The summed E-state index contributed by atoms with van der Waals surface area (Å²) in [6.45, 7) is 2.05. The Kier molecular flexibility index (Phi) is 7.80. The van der Waals surface area contributed by atoms with Crippen molar-refractivity contribution in [3.8, 4) is 0 Å². The Morgan fingerprint density at radius 3 is 2.60 bits per heavy atom. The lowest BCUT2D eigenvalue weighted by Crippen LogP contribution is -2.28. The van der Waals surface area contributed by atoms with Crippen LogP contribution in [0.3, 0.4) is 0 Å². The average molecular weight is 286 g/mol. The minimum absolute atomic E-state index is 0.195. The van der Waals surface area contributed by atoms with Crippen molar-refractivity contribution in [2.45, 2.75) is 76.3 Å². The third-order valence-corrected chi connectivity index (χ3v) is 3.45. The molecule has 0 amide bonds. The van der Waals surface area contributed by atoms with E-state index in [0.29, 0.717) is 19.3 Å². The largest absolute Gasteiger partial charge is 0.459 e. The Hall–Kier alpha value is -0.910. The fourth-order valence-electron chi connectivity index (χ4n) is 2.39. The molecule has 0 aromatic carbocycles. The molecule has 5 heteroatoms. The van der Waals surface area contributed by atoms with Gasteiger partial charge in [0.15, 0.2) is 0 Å². The van der Waals surface area contributed by atoms with Crippen molar-refractivity contribution in [3.63, 3.8) is 0 Å². The molecular formula is C15H26O5. The van der Waals surface area contributed by atoms with E-state index in [-0.39, 0.29) is 24.9 Å². The van der Waals surface area contributed by atoms with Gasteiger partial charge in [-0.05, 0) is 19.3 Å². The summed E-state index contributed by atoms with van der Waals surface area (Å²) in [6.07, 6.45) is 4.81. The Bertz CT molecular complexity index is 315. The van der Waals surface area contributed by atoms with Crippen LogP contribution >= 0.6 is 0 Å². The predicted octanol–water partition coefficient (Wildman–Crippen LogP) is 1.30. The van der Waals surface area contributed by atoms with E-state index in [0.717, 1.165) is 12.8 Å². The topological polar surface area (TPSA) is 87.0 Å². The Morgan fingerprint density at radius 1 is 1.25 bits per heavy atom. The molecule has 0 unspecified atom stereocenters. The van der Waals surface area contributed by atoms with Crippen molar-refractivity contribution in [3.05, 3.63) is 12.2 Å². The fraction of sp³-hybridized carbons (Fsp3) is 0.800. The molecule has 4 atom stereocenters. The van der Waals surface area contributed by atoms with E-state index in [9.17, 15) is 20.1 Å². The standard InChI is InChI=1S/C15H26O5/c1-2-3-5-11(16)8-12(17)9-13(18)10-14-6-4-7-15(19)20-14/h4,7,11-14,16-18H,2-3,5-6,8-10H2,1H3/t11-,12-,13+,14+/m0/s1. The molecule has 0 radical (unpaired) electrons. The van der Waals surface area contributed by atoms with Crippen molar-refractivity contribution in [1.82, 2.24) is 0 Å². The molecule has 5 nitrogen and oxygen atoms in total. The van der Waals surface area contributed by atoms with Gasteiger partial charge in [-0.15, -0.1) is 0 Å². The van der Waals surface area contributed by atoms with Gasteiger partial charge in [0.05, 0.1) is 18.3 Å². The highest BCUT2D eigenvalue weighted by molar-refractivity contribution is 5.82. The molecular weight excluding hydrogens is 260 g/mol. The molecule has 0 aromatic rings. The molecule has 0 fully saturated rings. The third-order valence-electron chi connectivity index (χ3n) is 3.45. The van der Waals surface area contributed by atoms with E-state index in [2.05, 4.69) is 0 Å². The van der Waals surface area contributed by atoms with Crippen molar-refractivity contribution < 1.29 is 24.9 Å². The summed E-state index contributed by atoms with van der Waals surface area (Å²) in [7, 11) is 0. The van der Waals surface area contributed by atoms with Gasteiger partial charge in [0.2, 0.25) is 0 Å². The maximum Gasteiger partial charge on any atom is 0.330 e. The number of hydrogen-bond acceptors (Lipinski definition) is 5. The smallest absolute Gasteiger partial charge is 0.330 e. The number of aliphatic hydroxyl groups is 3. The average Bonchev–Trinajstić information content (AvgIpc) is 2.35. The number of esters is 1. The van der Waals surface area contributed by atoms with E-state index in [4.69, 9.17) is 4.74 Å². The van der Waals surface area contributed by atoms with Crippen LogP contribution in [0.1, 0.15) is 51.9 Å². The first-order valence-electron chi connectivity index (χ1n) is 7.42. The molecule has 0 saturated heterocycles. The summed E-state index contributed by atoms with van der Waals surface area (Å²) in [4.78, 5) is 11.0. The van der Waals surface area contributed by atoms with Crippen LogP contribution in [0.2, 0.25) is 0 Å². The first-order chi connectivity index (χ1) is 9.51. The summed E-state index contributed by atoms with van der Waals surface area (Å²) >= 11 is 0. The van der Waals surface area contributed by atoms with E-state index >= 15 is 0 Å². The lowest BCUT2D eigenvalue weighted by molar-refractivity contribution is -0.145. The monoisotopic (exact) mass is 286 g/mol. The predicted molar refractivity (Wildman–Crippen MR) is 75.0 cm³/mol. The van der Waals surface area contributed by atoms with Gasteiger partial charge in [-0.25, -0.2) is 4.79 Å². The molecule has 1 aliphatic rings. The number of aliphatic hydroxyl groups excluding tert-OH is 3. The van der Waals surface area contributed by atoms with Crippen LogP contribution in [-0.2, 0) is 9.53 Å². The summed E-state index contributed by atoms with van der Waals surface area (Å²) < 4.78 is 5.06. The SMILES string of the molecule is CCCC[C@H](O)C[C@H](O)C[C@@H](O)C[C@H]1CC=CC(=O)O1. The second-order valence-electron chi connectivity index (χ2n) is 5.51. The molecule has 0 spiro atoms. The van der Waals surface area contributed by atoms with E-state index < -0.39 is 18.3 Å². The fourth-order valence-corrected chi connectivity index (χ4v) is 2.39. The van der Waals surface area contributed by atoms with Crippen molar-refractivity contribution in [2.24, 2.45) is 0 Å². The highest BCUT2D eigenvalue weighted by Crippen LogP contribution is 2.17. The van der Waals surface area contributed by atoms with Gasteiger partial charge in [-0.2, -0.15) is 0 Å². The van der Waals surface area contributed by atoms with Crippen LogP contribution in [0.4, 0.5) is 0 Å². The second-order valence-corrected chi connectivity index (χ2v) is 5.51. The van der Waals surface area contributed by atoms with Crippen LogP contribution in [0.25, 0.3) is 0 Å². The van der Waals surface area contributed by atoms with Gasteiger partial charge >= 0.3 is 5.97 Å². The molecule has 3 N–H and O–H groups in total. The molecule has 116 valence electrons. The van der Waals surface area contributed by atoms with Crippen LogP contribution in [0.5, 0.6) is 0 Å². The second kappa shape index (κ2) is 9.10. The summed E-state index contributed by atoms with van der Waals surface area (Å²) in [5.74, 6) is -0.385. The molecule has 1 aliphatic heterocycles. The van der Waals surface area contributed by atoms with E-state index in [1.54, 1.807) is 6.08 Å². The van der Waals surface area contributed by atoms with Crippen LogP contribution in [0.15, 0.2) is 12.2 Å². The zero-order valence-corrected chi connectivity index (χ0v) is 12.1. The number of hydrogen-bond donors (Lipinski definition) is 3. The Balaban J connectivity index is 2.22. The minimum atomic E-state index is -0.730. The Labute approximate surface area is 120 Å². The molecule has 0 aromatic heterocycles. The quantitative estimate of drug-likeness (QED) is 0.556. The molecule has 0 aliphatic carbocycles. The number of unbranched alkanes of at least 4 members (excludes halogenated alkanes) is 1. The molecule has 1 rings (SSSR count). The maximum atomic E-state index is 11.0. The van der Waals surface area contributed by atoms with Crippen LogP contribution in [-0.4, -0.2) is 45.7 Å². The van der Waals surface area contributed by atoms with Crippen LogP contribution in [0, 0.1) is 0 Å². The number of cyclic esters (lactones) is 1. The minimum Gasteiger partial charge on any atom is -0.459 e. The normalized spacial score (nSPS) is 23.2. The van der Waals surface area contributed by atoms with E-state index in [1.165, 1.54) is 6.08 Å². The lowest BCUT2D eigenvalue weighted by atomic mass is 9.98. The van der Waals surface area contributed by atoms with Crippen LogP contribution < -0.4 is 0 Å². The summed E-state index contributed by atoms with van der Waals surface area (Å²) in [5, 5.41) is 29.4. The molecule has 20 heavy (non-hydrogen) atoms. The number of carbonyl (C=O) groups is 1. The molecule has 1 heterocycles. The van der Waals surface area contributed by atoms with Gasteiger partial charge in [0.25, 0.3) is 0 Å². The first kappa shape index (κ1) is 17.1. The van der Waals surface area contributed by atoms with Gasteiger partial charge in [0.1, 0.15) is 6.10 Å². The van der Waals surface area contributed by atoms with Gasteiger partial charge in [-0.1, -0.05) is 25.8 Å². The zero-order chi connectivity index (χ0) is 15.0. The van der Waals surface area contributed by atoms with Crippen molar-refractivity contribution >= 4 is 5.97 Å². The highest BCUT2D eigenvalue weighted by atomic mass is 16.5. The van der Waals surface area contributed by atoms with Gasteiger partial charge in [-0.3, -0.25) is 0 Å². The summed E-state index contributed by atoms with van der Waals surface area (Å²) in [6, 6.07) is 0. The number of carbonyl (C=O) groups excluding carboxylic acids is 1. The van der Waals surface area contributed by atoms with Gasteiger partial charge in [0, 0.05) is 18.9 Å². The number of ether oxygens (including phenoxy) is 1. The van der Waals surface area contributed by atoms with E-state index in [1.807, 2.05) is 6.92 Å². The van der Waals surface area contributed by atoms with Crippen molar-refractivity contribution in [1.29, 1.82) is 0 Å². The lowest BCUT2D eigenvalue weighted by Gasteiger charge is -2.23. The molecule has 0 saturated carbocycles.